The van der Waals surface area contributed by atoms with E-state index in [1.165, 1.54) is 5.56 Å². The van der Waals surface area contributed by atoms with Crippen LogP contribution in [0.2, 0.25) is 0 Å². The highest BCUT2D eigenvalue weighted by molar-refractivity contribution is 7.80. The van der Waals surface area contributed by atoms with Crippen molar-refractivity contribution in [3.8, 4) is 5.75 Å². The second kappa shape index (κ2) is 6.16. The Labute approximate surface area is 114 Å². The van der Waals surface area contributed by atoms with Crippen molar-refractivity contribution in [2.75, 3.05) is 20.2 Å². The highest BCUT2D eigenvalue weighted by Gasteiger charge is 2.22. The molecule has 1 fully saturated rings. The van der Waals surface area contributed by atoms with Gasteiger partial charge in [-0.15, -0.1) is 0 Å². The summed E-state index contributed by atoms with van der Waals surface area (Å²) in [4.78, 5) is 3.06. The van der Waals surface area contributed by atoms with Gasteiger partial charge in [-0.25, -0.2) is 0 Å². The highest BCUT2D eigenvalue weighted by Crippen LogP contribution is 2.23. The Morgan fingerprint density at radius 1 is 1.50 bits per heavy atom. The van der Waals surface area contributed by atoms with Crippen LogP contribution < -0.4 is 10.5 Å². The van der Waals surface area contributed by atoms with Gasteiger partial charge in [-0.05, 0) is 25.5 Å². The van der Waals surface area contributed by atoms with Gasteiger partial charge in [-0.3, -0.25) is 4.90 Å². The predicted molar refractivity (Wildman–Crippen MR) is 77.8 cm³/mol. The molecule has 0 amide bonds. The lowest BCUT2D eigenvalue weighted by Gasteiger charge is -2.32. The molecule has 98 valence electrons. The number of thiocarbonyl (C=S) groups is 1. The number of ether oxygens (including phenoxy) is 1. The first kappa shape index (κ1) is 13.3. The molecule has 0 saturated carbocycles. The van der Waals surface area contributed by atoms with E-state index < -0.39 is 0 Å². The lowest BCUT2D eigenvalue weighted by Crippen LogP contribution is -2.40. The van der Waals surface area contributed by atoms with Crippen LogP contribution in [0.3, 0.4) is 0 Å². The maximum atomic E-state index is 5.76. The SMILES string of the molecule is COc1ccccc1CN1CCCC(C(N)=S)C1. The summed E-state index contributed by atoms with van der Waals surface area (Å²) in [5.41, 5.74) is 6.98. The second-order valence-electron chi connectivity index (χ2n) is 4.79. The second-order valence-corrected chi connectivity index (χ2v) is 5.26. The topological polar surface area (TPSA) is 38.5 Å². The average Bonchev–Trinajstić information content (AvgIpc) is 2.39. The number of methoxy groups -OCH3 is 1. The molecular formula is C14H20N2OS. The lowest BCUT2D eigenvalue weighted by atomic mass is 9.97. The van der Waals surface area contributed by atoms with Gasteiger partial charge in [0.25, 0.3) is 0 Å². The zero-order chi connectivity index (χ0) is 13.0. The summed E-state index contributed by atoms with van der Waals surface area (Å²) in [5, 5.41) is 0. The first-order valence-electron chi connectivity index (χ1n) is 6.34. The van der Waals surface area contributed by atoms with Crippen molar-refractivity contribution in [2.45, 2.75) is 19.4 Å². The summed E-state index contributed by atoms with van der Waals surface area (Å²) in [6.07, 6.45) is 2.29. The molecule has 1 aromatic rings. The van der Waals surface area contributed by atoms with Crippen LogP contribution >= 0.6 is 12.2 Å². The quantitative estimate of drug-likeness (QED) is 0.846. The summed E-state index contributed by atoms with van der Waals surface area (Å²) in [6, 6.07) is 8.16. The number of nitrogens with zero attached hydrogens (tertiary/aromatic N) is 1. The van der Waals surface area contributed by atoms with Crippen LogP contribution in [0.1, 0.15) is 18.4 Å². The van der Waals surface area contributed by atoms with Crippen LogP contribution in [0, 0.1) is 5.92 Å². The molecule has 1 atom stereocenters. The maximum absolute atomic E-state index is 5.76. The molecule has 0 radical (unpaired) electrons. The molecule has 0 spiro atoms. The van der Waals surface area contributed by atoms with Crippen molar-refractivity contribution in [1.82, 2.24) is 4.90 Å². The van der Waals surface area contributed by atoms with E-state index in [0.29, 0.717) is 10.9 Å². The zero-order valence-corrected chi connectivity index (χ0v) is 11.6. The first-order valence-corrected chi connectivity index (χ1v) is 6.75. The highest BCUT2D eigenvalue weighted by atomic mass is 32.1. The molecule has 1 unspecified atom stereocenters. The molecule has 0 aromatic heterocycles. The summed E-state index contributed by atoms with van der Waals surface area (Å²) >= 11 is 5.11. The molecule has 1 heterocycles. The van der Waals surface area contributed by atoms with Crippen molar-refractivity contribution in [2.24, 2.45) is 11.7 Å². The maximum Gasteiger partial charge on any atom is 0.123 e. The number of rotatable bonds is 4. The van der Waals surface area contributed by atoms with Crippen molar-refractivity contribution in [3.63, 3.8) is 0 Å². The zero-order valence-electron chi connectivity index (χ0n) is 10.8. The summed E-state index contributed by atoms with van der Waals surface area (Å²) in [5.74, 6) is 1.32. The van der Waals surface area contributed by atoms with Gasteiger partial charge in [0.15, 0.2) is 0 Å². The molecule has 2 N–H and O–H groups in total. The van der Waals surface area contributed by atoms with Crippen LogP contribution in [0.25, 0.3) is 0 Å². The number of hydrogen-bond acceptors (Lipinski definition) is 3. The van der Waals surface area contributed by atoms with Crippen LogP contribution in [-0.2, 0) is 6.54 Å². The first-order chi connectivity index (χ1) is 8.70. The number of para-hydroxylation sites is 1. The van der Waals surface area contributed by atoms with Crippen molar-refractivity contribution >= 4 is 17.2 Å². The monoisotopic (exact) mass is 264 g/mol. The van der Waals surface area contributed by atoms with Gasteiger partial charge >= 0.3 is 0 Å². The molecule has 0 aliphatic carbocycles. The number of piperidine rings is 1. The third kappa shape index (κ3) is 3.21. The van der Waals surface area contributed by atoms with Crippen LogP contribution in [-0.4, -0.2) is 30.1 Å². The molecule has 0 bridgehead atoms. The summed E-state index contributed by atoms with van der Waals surface area (Å²) < 4.78 is 5.38. The van der Waals surface area contributed by atoms with Gasteiger partial charge in [0, 0.05) is 24.6 Å². The smallest absolute Gasteiger partial charge is 0.123 e. The van der Waals surface area contributed by atoms with Crippen LogP contribution in [0.15, 0.2) is 24.3 Å². The molecule has 18 heavy (non-hydrogen) atoms. The fraction of sp³-hybridized carbons (Fsp3) is 0.500. The van der Waals surface area contributed by atoms with Gasteiger partial charge < -0.3 is 10.5 Å². The molecular weight excluding hydrogens is 244 g/mol. The molecule has 1 aromatic carbocycles. The molecule has 3 nitrogen and oxygen atoms in total. The molecule has 1 aliphatic rings. The van der Waals surface area contributed by atoms with E-state index in [4.69, 9.17) is 22.7 Å². The number of hydrogen-bond donors (Lipinski definition) is 1. The van der Waals surface area contributed by atoms with Gasteiger partial charge in [-0.1, -0.05) is 30.4 Å². The third-order valence-electron chi connectivity index (χ3n) is 3.49. The van der Waals surface area contributed by atoms with Crippen LogP contribution in [0.4, 0.5) is 0 Å². The van der Waals surface area contributed by atoms with Crippen molar-refractivity contribution in [1.29, 1.82) is 0 Å². The normalized spacial score (nSPS) is 20.6. The fourth-order valence-electron chi connectivity index (χ4n) is 2.51. The Bertz CT molecular complexity index is 422. The predicted octanol–water partition coefficient (Wildman–Crippen LogP) is 2.19. The van der Waals surface area contributed by atoms with E-state index in [2.05, 4.69) is 11.0 Å². The Hall–Kier alpha value is -1.13. The minimum absolute atomic E-state index is 0.364. The Kier molecular flexibility index (Phi) is 4.55. The summed E-state index contributed by atoms with van der Waals surface area (Å²) in [7, 11) is 1.72. The number of benzene rings is 1. The van der Waals surface area contributed by atoms with Crippen molar-refractivity contribution < 1.29 is 4.74 Å². The Morgan fingerprint density at radius 2 is 2.28 bits per heavy atom. The van der Waals surface area contributed by atoms with E-state index in [9.17, 15) is 0 Å². The van der Waals surface area contributed by atoms with E-state index in [-0.39, 0.29) is 0 Å². The standard InChI is InChI=1S/C14H20N2OS/c1-17-13-7-3-2-5-11(13)9-16-8-4-6-12(10-16)14(15)18/h2-3,5,7,12H,4,6,8-10H2,1H3,(H2,15,18). The minimum Gasteiger partial charge on any atom is -0.496 e. The van der Waals surface area contributed by atoms with E-state index >= 15 is 0 Å². The Balaban J connectivity index is 2.02. The van der Waals surface area contributed by atoms with Gasteiger partial charge in [0.05, 0.1) is 12.1 Å². The third-order valence-corrected chi connectivity index (χ3v) is 3.83. The molecule has 1 aliphatic heterocycles. The van der Waals surface area contributed by atoms with Gasteiger partial charge in [-0.2, -0.15) is 0 Å². The fourth-order valence-corrected chi connectivity index (χ4v) is 2.70. The minimum atomic E-state index is 0.364. The Morgan fingerprint density at radius 3 is 3.00 bits per heavy atom. The van der Waals surface area contributed by atoms with Crippen molar-refractivity contribution in [3.05, 3.63) is 29.8 Å². The van der Waals surface area contributed by atoms with Crippen LogP contribution in [0.5, 0.6) is 5.75 Å². The van der Waals surface area contributed by atoms with Gasteiger partial charge in [0.2, 0.25) is 0 Å². The summed E-state index contributed by atoms with van der Waals surface area (Å²) in [6.45, 7) is 2.98. The largest absolute Gasteiger partial charge is 0.496 e. The molecule has 4 heteroatoms. The van der Waals surface area contributed by atoms with Gasteiger partial charge in [0.1, 0.15) is 5.75 Å². The van der Waals surface area contributed by atoms with E-state index in [0.717, 1.165) is 38.2 Å². The number of likely N-dealkylation sites (tertiary alicyclic amines) is 1. The average molecular weight is 264 g/mol. The number of nitrogens with two attached hydrogens (primary N) is 1. The molecule has 2 rings (SSSR count). The molecule has 1 saturated heterocycles. The lowest BCUT2D eigenvalue weighted by molar-refractivity contribution is 0.195. The van der Waals surface area contributed by atoms with E-state index in [1.807, 2.05) is 18.2 Å². The van der Waals surface area contributed by atoms with E-state index in [1.54, 1.807) is 7.11 Å².